The number of carboxylic acid groups (broad SMARTS) is 1. The van der Waals surface area contributed by atoms with Crippen LogP contribution in [0.2, 0.25) is 0 Å². The van der Waals surface area contributed by atoms with Gasteiger partial charge >= 0.3 is 12.0 Å². The third-order valence-corrected chi connectivity index (χ3v) is 5.21. The van der Waals surface area contributed by atoms with E-state index >= 15 is 0 Å². The van der Waals surface area contributed by atoms with Crippen molar-refractivity contribution in [2.24, 2.45) is 23.7 Å². The Morgan fingerprint density at radius 3 is 2.42 bits per heavy atom. The smallest absolute Gasteiger partial charge is 0.326 e. The average Bonchev–Trinajstić information content (AvgIpc) is 2.76. The quantitative estimate of drug-likeness (QED) is 0.707. The molecule has 0 radical (unpaired) electrons. The molecule has 2 amide bonds. The van der Waals surface area contributed by atoms with Gasteiger partial charge in [0.25, 0.3) is 0 Å². The maximum Gasteiger partial charge on any atom is 0.326 e. The SMILES string of the molecule is CCC[C@@H](NC(=O)NC1C2C3CCC(C3)C12)C(=O)O. The lowest BCUT2D eigenvalue weighted by Crippen LogP contribution is -2.47. The molecule has 106 valence electrons. The second-order valence-corrected chi connectivity index (χ2v) is 6.31. The van der Waals surface area contributed by atoms with E-state index in [9.17, 15) is 9.59 Å². The number of hydrogen-bond acceptors (Lipinski definition) is 2. The Morgan fingerprint density at radius 1 is 1.26 bits per heavy atom. The van der Waals surface area contributed by atoms with Gasteiger partial charge in [0.05, 0.1) is 0 Å². The molecule has 0 aromatic carbocycles. The lowest BCUT2D eigenvalue weighted by molar-refractivity contribution is -0.139. The van der Waals surface area contributed by atoms with Crippen LogP contribution < -0.4 is 10.6 Å². The number of carbonyl (C=O) groups excluding carboxylic acids is 1. The van der Waals surface area contributed by atoms with Gasteiger partial charge in [-0.3, -0.25) is 0 Å². The zero-order chi connectivity index (χ0) is 13.6. The third kappa shape index (κ3) is 2.19. The van der Waals surface area contributed by atoms with Gasteiger partial charge in [0, 0.05) is 6.04 Å². The van der Waals surface area contributed by atoms with Crippen molar-refractivity contribution in [3.05, 3.63) is 0 Å². The molecule has 2 bridgehead atoms. The molecule has 3 rings (SSSR count). The zero-order valence-corrected chi connectivity index (χ0v) is 11.3. The second-order valence-electron chi connectivity index (χ2n) is 6.31. The van der Waals surface area contributed by atoms with Crippen LogP contribution >= 0.6 is 0 Å². The number of rotatable bonds is 5. The first kappa shape index (κ1) is 12.8. The number of hydrogen-bond donors (Lipinski definition) is 3. The Morgan fingerprint density at radius 2 is 1.89 bits per heavy atom. The van der Waals surface area contributed by atoms with Crippen molar-refractivity contribution < 1.29 is 14.7 Å². The number of nitrogens with one attached hydrogen (secondary N) is 2. The summed E-state index contributed by atoms with van der Waals surface area (Å²) >= 11 is 0. The van der Waals surface area contributed by atoms with Gasteiger partial charge in [-0.25, -0.2) is 9.59 Å². The van der Waals surface area contributed by atoms with Gasteiger partial charge in [-0.1, -0.05) is 13.3 Å². The summed E-state index contributed by atoms with van der Waals surface area (Å²) < 4.78 is 0. The minimum Gasteiger partial charge on any atom is -0.480 e. The molecule has 0 aromatic heterocycles. The zero-order valence-electron chi connectivity index (χ0n) is 11.3. The Bertz CT molecular complexity index is 382. The highest BCUT2D eigenvalue weighted by atomic mass is 16.4. The third-order valence-electron chi connectivity index (χ3n) is 5.21. The Hall–Kier alpha value is -1.26. The highest BCUT2D eigenvalue weighted by molar-refractivity contribution is 5.82. The van der Waals surface area contributed by atoms with Crippen LogP contribution in [-0.2, 0) is 4.79 Å². The van der Waals surface area contributed by atoms with E-state index in [1.807, 2.05) is 6.92 Å². The molecule has 0 aromatic rings. The Kier molecular flexibility index (Phi) is 3.15. The summed E-state index contributed by atoms with van der Waals surface area (Å²) in [6.45, 7) is 1.92. The highest BCUT2D eigenvalue weighted by Crippen LogP contribution is 2.65. The van der Waals surface area contributed by atoms with Crippen molar-refractivity contribution in [1.29, 1.82) is 0 Å². The van der Waals surface area contributed by atoms with Gasteiger partial charge in [0.2, 0.25) is 0 Å². The molecular weight excluding hydrogens is 244 g/mol. The molecule has 3 aliphatic carbocycles. The summed E-state index contributed by atoms with van der Waals surface area (Å²) in [5.41, 5.74) is 0. The predicted octanol–water partition coefficient (Wildman–Crippen LogP) is 1.58. The van der Waals surface area contributed by atoms with Crippen LogP contribution in [0.3, 0.4) is 0 Å². The van der Waals surface area contributed by atoms with Crippen LogP contribution in [0.15, 0.2) is 0 Å². The van der Waals surface area contributed by atoms with E-state index in [2.05, 4.69) is 10.6 Å². The lowest BCUT2D eigenvalue weighted by atomic mass is 10.0. The van der Waals surface area contributed by atoms with Crippen LogP contribution in [0.5, 0.6) is 0 Å². The van der Waals surface area contributed by atoms with Crippen LogP contribution in [0, 0.1) is 23.7 Å². The molecular formula is C14H22N2O3. The minimum atomic E-state index is -0.951. The summed E-state index contributed by atoms with van der Waals surface area (Å²) in [7, 11) is 0. The van der Waals surface area contributed by atoms with Gasteiger partial charge in [0.1, 0.15) is 6.04 Å². The van der Waals surface area contributed by atoms with Crippen molar-refractivity contribution in [1.82, 2.24) is 10.6 Å². The van der Waals surface area contributed by atoms with Crippen LogP contribution in [-0.4, -0.2) is 29.2 Å². The largest absolute Gasteiger partial charge is 0.480 e. The normalized spacial score (nSPS) is 39.5. The van der Waals surface area contributed by atoms with Crippen molar-refractivity contribution in [3.63, 3.8) is 0 Å². The molecule has 0 aliphatic heterocycles. The maximum absolute atomic E-state index is 11.9. The number of fused-ring (bicyclic) bond motifs is 5. The highest BCUT2D eigenvalue weighted by Gasteiger charge is 2.65. The van der Waals surface area contributed by atoms with Crippen molar-refractivity contribution in [2.45, 2.75) is 51.1 Å². The number of amides is 2. The van der Waals surface area contributed by atoms with Crippen LogP contribution in [0.4, 0.5) is 4.79 Å². The predicted molar refractivity (Wildman–Crippen MR) is 69.6 cm³/mol. The first-order valence-corrected chi connectivity index (χ1v) is 7.41. The Balaban J connectivity index is 1.49. The second kappa shape index (κ2) is 4.69. The molecule has 0 heterocycles. The first-order valence-electron chi connectivity index (χ1n) is 7.41. The standard InChI is InChI=1S/C14H22N2O3/c1-2-3-9(13(17)18)15-14(19)16-12-10-7-4-5-8(6-7)11(10)12/h7-12H,2-6H2,1H3,(H,17,18)(H2,15,16,19)/t7?,8?,9-,10?,11?,12?/m1/s1. The van der Waals surface area contributed by atoms with Crippen molar-refractivity contribution in [2.75, 3.05) is 0 Å². The molecule has 5 nitrogen and oxygen atoms in total. The number of carbonyl (C=O) groups is 2. The lowest BCUT2D eigenvalue weighted by Gasteiger charge is -2.16. The fourth-order valence-electron chi connectivity index (χ4n) is 4.42. The molecule has 5 atom stereocenters. The summed E-state index contributed by atoms with van der Waals surface area (Å²) in [5, 5.41) is 14.6. The number of urea groups is 1. The number of carboxylic acids is 1. The van der Waals surface area contributed by atoms with E-state index in [0.717, 1.165) is 18.3 Å². The molecule has 0 saturated heterocycles. The van der Waals surface area contributed by atoms with Gasteiger partial charge in [-0.15, -0.1) is 0 Å². The van der Waals surface area contributed by atoms with Gasteiger partial charge < -0.3 is 15.7 Å². The van der Waals surface area contributed by atoms with E-state index < -0.39 is 12.0 Å². The topological polar surface area (TPSA) is 78.4 Å². The molecule has 3 N–H and O–H groups in total. The monoisotopic (exact) mass is 266 g/mol. The van der Waals surface area contributed by atoms with E-state index in [1.54, 1.807) is 0 Å². The summed E-state index contributed by atoms with van der Waals surface area (Å²) in [6, 6.07) is -0.762. The van der Waals surface area contributed by atoms with Crippen LogP contribution in [0.25, 0.3) is 0 Å². The molecule has 4 unspecified atom stereocenters. The average molecular weight is 266 g/mol. The van der Waals surface area contributed by atoms with Crippen LogP contribution in [0.1, 0.15) is 39.0 Å². The van der Waals surface area contributed by atoms with Gasteiger partial charge in [0.15, 0.2) is 0 Å². The van der Waals surface area contributed by atoms with E-state index in [-0.39, 0.29) is 6.03 Å². The molecule has 3 fully saturated rings. The first-order chi connectivity index (χ1) is 9.11. The maximum atomic E-state index is 11.9. The molecule has 5 heteroatoms. The Labute approximate surface area is 113 Å². The fourth-order valence-corrected chi connectivity index (χ4v) is 4.42. The summed E-state index contributed by atoms with van der Waals surface area (Å²) in [5.74, 6) is 2.03. The minimum absolute atomic E-state index is 0.306. The molecule has 3 saturated carbocycles. The van der Waals surface area contributed by atoms with E-state index in [4.69, 9.17) is 5.11 Å². The fraction of sp³-hybridized carbons (Fsp3) is 0.857. The van der Waals surface area contributed by atoms with E-state index in [0.29, 0.717) is 24.3 Å². The summed E-state index contributed by atoms with van der Waals surface area (Å²) in [6.07, 6.45) is 5.21. The summed E-state index contributed by atoms with van der Waals surface area (Å²) in [4.78, 5) is 22.9. The van der Waals surface area contributed by atoms with E-state index in [1.165, 1.54) is 19.3 Å². The molecule has 3 aliphatic rings. The molecule has 19 heavy (non-hydrogen) atoms. The van der Waals surface area contributed by atoms with Gasteiger partial charge in [-0.05, 0) is 49.4 Å². The number of aliphatic carboxylic acids is 1. The van der Waals surface area contributed by atoms with Gasteiger partial charge in [-0.2, -0.15) is 0 Å². The molecule has 0 spiro atoms. The van der Waals surface area contributed by atoms with Crippen molar-refractivity contribution in [3.8, 4) is 0 Å². The van der Waals surface area contributed by atoms with Crippen molar-refractivity contribution >= 4 is 12.0 Å².